The zero-order valence-corrected chi connectivity index (χ0v) is 14.3. The monoisotopic (exact) mass is 298 g/mol. The van der Waals surface area contributed by atoms with Crippen LogP contribution in [-0.4, -0.2) is 0 Å². The van der Waals surface area contributed by atoms with Gasteiger partial charge in [-0.15, -0.1) is 0 Å². The molecule has 0 heterocycles. The molecule has 0 aliphatic heterocycles. The van der Waals surface area contributed by atoms with Gasteiger partial charge in [0.2, 0.25) is 0 Å². The molecule has 0 heteroatoms. The molecule has 4 rings (SSSR count). The standard InChI is InChI=1S/C23H22/c1-15-11-16(2)13-18(12-15)17-9-10-22-20(14-17)19-7-5-6-8-21(19)23(22,3)4/h5-14H,1-4H3. The zero-order chi connectivity index (χ0) is 16.2. The summed E-state index contributed by atoms with van der Waals surface area (Å²) in [6.45, 7) is 8.99. The van der Waals surface area contributed by atoms with Crippen molar-refractivity contribution in [1.29, 1.82) is 0 Å². The van der Waals surface area contributed by atoms with Gasteiger partial charge < -0.3 is 0 Å². The van der Waals surface area contributed by atoms with Crippen molar-refractivity contribution in [1.82, 2.24) is 0 Å². The van der Waals surface area contributed by atoms with Crippen LogP contribution in [0.1, 0.15) is 36.1 Å². The Bertz CT molecular complexity index is 893. The number of hydrogen-bond donors (Lipinski definition) is 0. The number of aryl methyl sites for hydroxylation is 2. The van der Waals surface area contributed by atoms with E-state index in [9.17, 15) is 0 Å². The van der Waals surface area contributed by atoms with Crippen molar-refractivity contribution in [2.45, 2.75) is 33.1 Å². The minimum Gasteiger partial charge on any atom is -0.0619 e. The predicted octanol–water partition coefficient (Wildman–Crippen LogP) is 6.28. The summed E-state index contributed by atoms with van der Waals surface area (Å²) in [5.74, 6) is 0. The van der Waals surface area contributed by atoms with Gasteiger partial charge in [-0.1, -0.05) is 79.6 Å². The zero-order valence-electron chi connectivity index (χ0n) is 14.3. The number of benzene rings is 3. The van der Waals surface area contributed by atoms with Crippen LogP contribution in [0.25, 0.3) is 22.3 Å². The lowest BCUT2D eigenvalue weighted by atomic mass is 9.82. The first kappa shape index (κ1) is 14.3. The predicted molar refractivity (Wildman–Crippen MR) is 98.9 cm³/mol. The van der Waals surface area contributed by atoms with Gasteiger partial charge in [0.05, 0.1) is 0 Å². The van der Waals surface area contributed by atoms with Crippen molar-refractivity contribution in [2.24, 2.45) is 0 Å². The van der Waals surface area contributed by atoms with E-state index in [2.05, 4.69) is 88.4 Å². The van der Waals surface area contributed by atoms with Gasteiger partial charge >= 0.3 is 0 Å². The normalized spacial score (nSPS) is 14.4. The number of fused-ring (bicyclic) bond motifs is 3. The van der Waals surface area contributed by atoms with Crippen LogP contribution >= 0.6 is 0 Å². The Morgan fingerprint density at radius 3 is 2.00 bits per heavy atom. The highest BCUT2D eigenvalue weighted by atomic mass is 14.4. The summed E-state index contributed by atoms with van der Waals surface area (Å²) in [6, 6.07) is 22.6. The Balaban J connectivity index is 1.94. The van der Waals surface area contributed by atoms with Crippen molar-refractivity contribution < 1.29 is 0 Å². The molecule has 0 N–H and O–H groups in total. The highest BCUT2D eigenvalue weighted by molar-refractivity contribution is 5.84. The second kappa shape index (κ2) is 4.83. The summed E-state index contributed by atoms with van der Waals surface area (Å²) in [5, 5.41) is 0. The van der Waals surface area contributed by atoms with Crippen LogP contribution in [-0.2, 0) is 5.41 Å². The Morgan fingerprint density at radius 2 is 1.26 bits per heavy atom. The molecular weight excluding hydrogens is 276 g/mol. The Labute approximate surface area is 138 Å². The highest BCUT2D eigenvalue weighted by Crippen LogP contribution is 2.49. The second-order valence-corrected chi connectivity index (χ2v) is 7.31. The van der Waals surface area contributed by atoms with Crippen molar-refractivity contribution in [3.63, 3.8) is 0 Å². The summed E-state index contributed by atoms with van der Waals surface area (Å²) in [5.41, 5.74) is 11.0. The molecule has 0 amide bonds. The maximum atomic E-state index is 2.37. The third-order valence-corrected chi connectivity index (χ3v) is 5.14. The molecule has 1 aliphatic rings. The summed E-state index contributed by atoms with van der Waals surface area (Å²) < 4.78 is 0. The van der Waals surface area contributed by atoms with Crippen molar-refractivity contribution in [2.75, 3.05) is 0 Å². The van der Waals surface area contributed by atoms with Crippen molar-refractivity contribution >= 4 is 0 Å². The Kier molecular flexibility index (Phi) is 2.99. The maximum Gasteiger partial charge on any atom is 0.0158 e. The Hall–Kier alpha value is -2.34. The summed E-state index contributed by atoms with van der Waals surface area (Å²) in [4.78, 5) is 0. The van der Waals surface area contributed by atoms with Crippen LogP contribution in [0.15, 0.2) is 60.7 Å². The summed E-state index contributed by atoms with van der Waals surface area (Å²) in [6.07, 6.45) is 0. The van der Waals surface area contributed by atoms with Gasteiger partial charge in [-0.05, 0) is 53.3 Å². The fraction of sp³-hybridized carbons (Fsp3) is 0.217. The first-order valence-corrected chi connectivity index (χ1v) is 8.30. The summed E-state index contributed by atoms with van der Waals surface area (Å²) >= 11 is 0. The molecule has 0 unspecified atom stereocenters. The van der Waals surface area contributed by atoms with E-state index in [1.165, 1.54) is 44.5 Å². The maximum absolute atomic E-state index is 2.37. The molecule has 1 aliphatic carbocycles. The van der Waals surface area contributed by atoms with E-state index in [-0.39, 0.29) is 5.41 Å². The minimum atomic E-state index is 0.0903. The average Bonchev–Trinajstić information content (AvgIpc) is 2.75. The van der Waals surface area contributed by atoms with Gasteiger partial charge in [0.25, 0.3) is 0 Å². The van der Waals surface area contributed by atoms with E-state index in [4.69, 9.17) is 0 Å². The molecule has 0 spiro atoms. The SMILES string of the molecule is Cc1cc(C)cc(-c2ccc3c(c2)-c2ccccc2C3(C)C)c1. The largest absolute Gasteiger partial charge is 0.0619 e. The third kappa shape index (κ3) is 2.13. The molecule has 0 radical (unpaired) electrons. The lowest BCUT2D eigenvalue weighted by Gasteiger charge is -2.21. The van der Waals surface area contributed by atoms with E-state index in [1.54, 1.807) is 0 Å². The van der Waals surface area contributed by atoms with Crippen LogP contribution in [0.2, 0.25) is 0 Å². The van der Waals surface area contributed by atoms with Crippen LogP contribution in [0.3, 0.4) is 0 Å². The third-order valence-electron chi connectivity index (χ3n) is 5.14. The first-order valence-electron chi connectivity index (χ1n) is 8.30. The number of rotatable bonds is 1. The molecule has 0 bridgehead atoms. The van der Waals surface area contributed by atoms with Crippen LogP contribution in [0.5, 0.6) is 0 Å². The molecule has 114 valence electrons. The quantitative estimate of drug-likeness (QED) is 0.496. The van der Waals surface area contributed by atoms with E-state index in [0.717, 1.165) is 0 Å². The van der Waals surface area contributed by atoms with E-state index >= 15 is 0 Å². The molecule has 0 aromatic heterocycles. The van der Waals surface area contributed by atoms with Crippen LogP contribution < -0.4 is 0 Å². The van der Waals surface area contributed by atoms with Gasteiger partial charge in [0.15, 0.2) is 0 Å². The van der Waals surface area contributed by atoms with Gasteiger partial charge in [0, 0.05) is 5.41 Å². The summed E-state index contributed by atoms with van der Waals surface area (Å²) in [7, 11) is 0. The van der Waals surface area contributed by atoms with E-state index < -0.39 is 0 Å². The fourth-order valence-electron chi connectivity index (χ4n) is 4.04. The Morgan fingerprint density at radius 1 is 0.609 bits per heavy atom. The molecule has 3 aromatic rings. The van der Waals surface area contributed by atoms with Gasteiger partial charge in [-0.3, -0.25) is 0 Å². The fourth-order valence-corrected chi connectivity index (χ4v) is 4.04. The molecule has 0 saturated heterocycles. The van der Waals surface area contributed by atoms with Crippen LogP contribution in [0.4, 0.5) is 0 Å². The van der Waals surface area contributed by atoms with Gasteiger partial charge in [-0.2, -0.15) is 0 Å². The molecule has 0 atom stereocenters. The molecule has 0 nitrogen and oxygen atoms in total. The van der Waals surface area contributed by atoms with E-state index in [0.29, 0.717) is 0 Å². The van der Waals surface area contributed by atoms with Crippen molar-refractivity contribution in [3.8, 4) is 22.3 Å². The first-order chi connectivity index (χ1) is 11.0. The van der Waals surface area contributed by atoms with Gasteiger partial charge in [0.1, 0.15) is 0 Å². The number of hydrogen-bond acceptors (Lipinski definition) is 0. The smallest absolute Gasteiger partial charge is 0.0158 e. The topological polar surface area (TPSA) is 0 Å². The van der Waals surface area contributed by atoms with Gasteiger partial charge in [-0.25, -0.2) is 0 Å². The molecule has 23 heavy (non-hydrogen) atoms. The lowest BCUT2D eigenvalue weighted by Crippen LogP contribution is -2.14. The van der Waals surface area contributed by atoms with E-state index in [1.807, 2.05) is 0 Å². The van der Waals surface area contributed by atoms with Crippen molar-refractivity contribution in [3.05, 3.63) is 82.9 Å². The average molecular weight is 298 g/mol. The highest BCUT2D eigenvalue weighted by Gasteiger charge is 2.34. The molecule has 0 fully saturated rings. The lowest BCUT2D eigenvalue weighted by molar-refractivity contribution is 0.660. The molecule has 3 aromatic carbocycles. The van der Waals surface area contributed by atoms with Crippen LogP contribution in [0, 0.1) is 13.8 Å². The minimum absolute atomic E-state index is 0.0903. The molecular formula is C23H22. The molecule has 0 saturated carbocycles. The second-order valence-electron chi connectivity index (χ2n) is 7.31.